The van der Waals surface area contributed by atoms with Gasteiger partial charge in [-0.3, -0.25) is 14.5 Å². The zero-order valence-corrected chi connectivity index (χ0v) is 20.9. The van der Waals surface area contributed by atoms with E-state index < -0.39 is 11.9 Å². The van der Waals surface area contributed by atoms with E-state index in [4.69, 9.17) is 27.9 Å². The van der Waals surface area contributed by atoms with Crippen LogP contribution in [0.25, 0.3) is 16.8 Å². The van der Waals surface area contributed by atoms with E-state index in [1.807, 2.05) is 36.4 Å². The Kier molecular flexibility index (Phi) is 6.83. The summed E-state index contributed by atoms with van der Waals surface area (Å²) in [5.74, 6) is -0.487. The van der Waals surface area contributed by atoms with Crippen molar-refractivity contribution in [3.05, 3.63) is 117 Å². The predicted octanol–water partition coefficient (Wildman–Crippen LogP) is 7.60. The van der Waals surface area contributed by atoms with Crippen LogP contribution in [0.15, 0.2) is 89.8 Å². The van der Waals surface area contributed by atoms with Gasteiger partial charge in [-0.05, 0) is 70.1 Å². The van der Waals surface area contributed by atoms with E-state index in [0.29, 0.717) is 37.4 Å². The number of fused-ring (bicyclic) bond motifs is 1. The minimum absolute atomic E-state index is 0.0566. The van der Waals surface area contributed by atoms with Gasteiger partial charge in [-0.2, -0.15) is 0 Å². The van der Waals surface area contributed by atoms with E-state index >= 15 is 0 Å². The number of hydrogen-bond donors (Lipinski definition) is 0. The summed E-state index contributed by atoms with van der Waals surface area (Å²) in [7, 11) is 0. The highest BCUT2D eigenvalue weighted by Crippen LogP contribution is 2.34. The molecule has 1 aliphatic rings. The number of nitrogens with zero attached hydrogens (tertiary/aromatic N) is 1. The molecule has 0 radical (unpaired) electrons. The third-order valence-corrected chi connectivity index (χ3v) is 7.11. The first kappa shape index (κ1) is 24.1. The highest BCUT2D eigenvalue weighted by atomic mass is 35.5. The number of rotatable bonds is 5. The molecular weight excluding hydrogens is 517 g/mol. The van der Waals surface area contributed by atoms with Gasteiger partial charge in [0.15, 0.2) is 0 Å². The molecule has 0 aliphatic carbocycles. The van der Waals surface area contributed by atoms with Crippen molar-refractivity contribution in [3.63, 3.8) is 0 Å². The van der Waals surface area contributed by atoms with Gasteiger partial charge < -0.3 is 4.74 Å². The van der Waals surface area contributed by atoms with Crippen LogP contribution in [0, 0.1) is 0 Å². The molecule has 0 N–H and O–H groups in total. The number of benzene rings is 4. The number of hydrogen-bond acceptors (Lipinski definition) is 5. The average molecular weight is 534 g/mol. The summed E-state index contributed by atoms with van der Waals surface area (Å²) in [6, 6.07) is 24.7. The van der Waals surface area contributed by atoms with Crippen molar-refractivity contribution in [2.45, 2.75) is 6.54 Å². The predicted molar refractivity (Wildman–Crippen MR) is 143 cm³/mol. The molecule has 1 fully saturated rings. The summed E-state index contributed by atoms with van der Waals surface area (Å²) in [6.07, 6.45) is 1.63. The molecule has 5 nitrogen and oxygen atoms in total. The fourth-order valence-electron chi connectivity index (χ4n) is 3.81. The molecule has 0 aromatic heterocycles. The number of imide groups is 1. The molecule has 0 saturated carbocycles. The Labute approximate surface area is 221 Å². The van der Waals surface area contributed by atoms with Crippen LogP contribution in [0.4, 0.5) is 4.79 Å². The van der Waals surface area contributed by atoms with Gasteiger partial charge in [-0.15, -0.1) is 0 Å². The first-order chi connectivity index (χ1) is 17.4. The van der Waals surface area contributed by atoms with Gasteiger partial charge in [0, 0.05) is 10.0 Å². The van der Waals surface area contributed by atoms with E-state index in [1.165, 1.54) is 0 Å². The average Bonchev–Trinajstić information content (AvgIpc) is 3.13. The van der Waals surface area contributed by atoms with Crippen molar-refractivity contribution in [2.75, 3.05) is 0 Å². The van der Waals surface area contributed by atoms with Crippen molar-refractivity contribution in [1.29, 1.82) is 0 Å². The minimum Gasteiger partial charge on any atom is -0.423 e. The summed E-state index contributed by atoms with van der Waals surface area (Å²) in [4.78, 5) is 39.5. The second kappa shape index (κ2) is 10.2. The number of esters is 1. The lowest BCUT2D eigenvalue weighted by atomic mass is 10.0. The highest BCUT2D eigenvalue weighted by Gasteiger charge is 2.35. The van der Waals surface area contributed by atoms with Crippen molar-refractivity contribution in [3.8, 4) is 5.75 Å². The van der Waals surface area contributed by atoms with E-state index in [9.17, 15) is 14.4 Å². The fraction of sp³-hybridized carbons (Fsp3) is 0.0357. The van der Waals surface area contributed by atoms with Crippen molar-refractivity contribution in [2.24, 2.45) is 0 Å². The molecule has 8 heteroatoms. The SMILES string of the molecule is O=C(Oc1ccc(/C=C2\SC(=O)N(Cc3ccc(Cl)cc3Cl)C2=O)cc1)c1cccc2ccccc12. The van der Waals surface area contributed by atoms with E-state index in [0.717, 1.165) is 27.4 Å². The number of carbonyl (C=O) groups excluding carboxylic acids is 3. The summed E-state index contributed by atoms with van der Waals surface area (Å²) >= 11 is 13.0. The molecular formula is C28H17Cl2NO4S. The topological polar surface area (TPSA) is 63.7 Å². The zero-order valence-electron chi connectivity index (χ0n) is 18.6. The number of carbonyl (C=O) groups is 3. The second-order valence-corrected chi connectivity index (χ2v) is 9.83. The molecule has 4 aromatic rings. The Balaban J connectivity index is 1.29. The number of ether oxygens (including phenoxy) is 1. The summed E-state index contributed by atoms with van der Waals surface area (Å²) in [5.41, 5.74) is 1.80. The molecule has 5 rings (SSSR count). The standard InChI is InChI=1S/C28H17Cl2NO4S/c29-20-11-10-19(24(30)15-20)16-31-26(32)25(36-28(31)34)14-17-8-12-21(13-9-17)35-27(33)23-7-3-5-18-4-1-2-6-22(18)23/h1-15H,16H2/b25-14-. The molecule has 1 aliphatic heterocycles. The molecule has 4 aromatic carbocycles. The number of amides is 2. The number of thioether (sulfide) groups is 1. The van der Waals surface area contributed by atoms with Crippen LogP contribution in [-0.4, -0.2) is 22.0 Å². The molecule has 178 valence electrons. The Morgan fingerprint density at radius 3 is 2.44 bits per heavy atom. The quantitative estimate of drug-likeness (QED) is 0.150. The van der Waals surface area contributed by atoms with Crippen molar-refractivity contribution < 1.29 is 19.1 Å². The smallest absolute Gasteiger partial charge is 0.344 e. The van der Waals surface area contributed by atoms with Gasteiger partial charge in [0.05, 0.1) is 17.0 Å². The Bertz CT molecular complexity index is 1540. The van der Waals surface area contributed by atoms with Crippen LogP contribution in [-0.2, 0) is 11.3 Å². The van der Waals surface area contributed by atoms with Crippen LogP contribution in [0.2, 0.25) is 10.0 Å². The van der Waals surface area contributed by atoms with Crippen LogP contribution < -0.4 is 4.74 Å². The largest absolute Gasteiger partial charge is 0.423 e. The first-order valence-electron chi connectivity index (χ1n) is 10.9. The highest BCUT2D eigenvalue weighted by molar-refractivity contribution is 8.18. The maximum Gasteiger partial charge on any atom is 0.344 e. The summed E-state index contributed by atoms with van der Waals surface area (Å²) < 4.78 is 5.56. The Morgan fingerprint density at radius 2 is 1.67 bits per heavy atom. The molecule has 1 heterocycles. The monoisotopic (exact) mass is 533 g/mol. The maximum atomic E-state index is 12.9. The molecule has 0 unspecified atom stereocenters. The van der Waals surface area contributed by atoms with Crippen LogP contribution in [0.3, 0.4) is 0 Å². The molecule has 0 atom stereocenters. The van der Waals surface area contributed by atoms with Gasteiger partial charge in [0.25, 0.3) is 11.1 Å². The Hall–Kier alpha value is -3.58. The normalized spacial score (nSPS) is 14.6. The third-order valence-electron chi connectivity index (χ3n) is 5.62. The number of halogens is 2. The Morgan fingerprint density at radius 1 is 0.917 bits per heavy atom. The third kappa shape index (κ3) is 5.02. The van der Waals surface area contributed by atoms with Crippen molar-refractivity contribution in [1.82, 2.24) is 4.90 Å². The lowest BCUT2D eigenvalue weighted by Gasteiger charge is -2.13. The molecule has 1 saturated heterocycles. The van der Waals surface area contributed by atoms with Crippen LogP contribution >= 0.6 is 35.0 Å². The lowest BCUT2D eigenvalue weighted by molar-refractivity contribution is -0.123. The fourth-order valence-corrected chi connectivity index (χ4v) is 5.11. The van der Waals surface area contributed by atoms with E-state index in [1.54, 1.807) is 54.6 Å². The molecule has 0 spiro atoms. The van der Waals surface area contributed by atoms with Gasteiger partial charge in [-0.25, -0.2) is 4.79 Å². The van der Waals surface area contributed by atoms with Gasteiger partial charge in [0.2, 0.25) is 0 Å². The summed E-state index contributed by atoms with van der Waals surface area (Å²) in [6.45, 7) is 0.0566. The molecule has 36 heavy (non-hydrogen) atoms. The van der Waals surface area contributed by atoms with E-state index in [-0.39, 0.29) is 11.8 Å². The van der Waals surface area contributed by atoms with Crippen LogP contribution in [0.5, 0.6) is 5.75 Å². The lowest BCUT2D eigenvalue weighted by Crippen LogP contribution is -2.27. The zero-order chi connectivity index (χ0) is 25.2. The van der Waals surface area contributed by atoms with Crippen LogP contribution in [0.1, 0.15) is 21.5 Å². The van der Waals surface area contributed by atoms with E-state index in [2.05, 4.69) is 0 Å². The van der Waals surface area contributed by atoms with Gasteiger partial charge in [-0.1, -0.05) is 77.8 Å². The first-order valence-corrected chi connectivity index (χ1v) is 12.5. The maximum absolute atomic E-state index is 12.9. The summed E-state index contributed by atoms with van der Waals surface area (Å²) in [5, 5.41) is 2.26. The molecule has 2 amide bonds. The van der Waals surface area contributed by atoms with Gasteiger partial charge >= 0.3 is 5.97 Å². The molecule has 0 bridgehead atoms. The minimum atomic E-state index is -0.457. The van der Waals surface area contributed by atoms with Gasteiger partial charge in [0.1, 0.15) is 5.75 Å². The van der Waals surface area contributed by atoms with Crippen molar-refractivity contribution >= 4 is 68.9 Å². The second-order valence-electron chi connectivity index (χ2n) is 7.99.